The topological polar surface area (TPSA) is 57.7 Å². The lowest BCUT2D eigenvalue weighted by Gasteiger charge is -2.28. The van der Waals surface area contributed by atoms with Crippen LogP contribution in [0.1, 0.15) is 74.3 Å². The number of hydrogen-bond donors (Lipinski definition) is 0. The molecule has 0 radical (unpaired) electrons. The minimum absolute atomic E-state index is 0.0498. The normalized spacial score (nSPS) is 15.4. The molecule has 5 rings (SSSR count). The lowest BCUT2D eigenvalue weighted by atomic mass is 9.78. The van der Waals surface area contributed by atoms with Crippen LogP contribution in [0.25, 0.3) is 10.9 Å². The summed E-state index contributed by atoms with van der Waals surface area (Å²) < 4.78 is 17.3. The van der Waals surface area contributed by atoms with Gasteiger partial charge in [0.1, 0.15) is 12.4 Å². The fraction of sp³-hybridized carbons (Fsp3) is 0.385. The van der Waals surface area contributed by atoms with E-state index in [4.69, 9.17) is 19.2 Å². The molecule has 0 fully saturated rings. The molecule has 3 heterocycles. The number of benzene rings is 2. The largest absolute Gasteiger partial charge is 0.486 e. The summed E-state index contributed by atoms with van der Waals surface area (Å²) in [7, 11) is 0. The van der Waals surface area contributed by atoms with Gasteiger partial charge in [0.05, 0.1) is 16.8 Å². The highest BCUT2D eigenvalue weighted by atomic mass is 16.7. The Morgan fingerprint density at radius 1 is 0.806 bits per heavy atom. The Kier molecular flexibility index (Phi) is 4.14. The van der Waals surface area contributed by atoms with E-state index in [1.807, 2.05) is 24.3 Å². The van der Waals surface area contributed by atoms with Crippen molar-refractivity contribution in [3.05, 3.63) is 58.3 Å². The highest BCUT2D eigenvalue weighted by Crippen LogP contribution is 2.42. The second-order valence-electron chi connectivity index (χ2n) is 10.4. The molecular weight excluding hydrogens is 390 g/mol. The van der Waals surface area contributed by atoms with Crippen molar-refractivity contribution in [1.82, 2.24) is 4.98 Å². The van der Waals surface area contributed by atoms with E-state index in [-0.39, 0.29) is 30.0 Å². The van der Waals surface area contributed by atoms with Gasteiger partial charge >= 0.3 is 0 Å². The zero-order valence-electron chi connectivity index (χ0n) is 18.9. The lowest BCUT2D eigenvalue weighted by molar-refractivity contribution is 0.103. The zero-order valence-corrected chi connectivity index (χ0v) is 18.9. The summed E-state index contributed by atoms with van der Waals surface area (Å²) >= 11 is 0. The predicted molar refractivity (Wildman–Crippen MR) is 119 cm³/mol. The first-order valence-corrected chi connectivity index (χ1v) is 10.6. The van der Waals surface area contributed by atoms with Crippen LogP contribution in [0.4, 0.5) is 0 Å². The molecule has 0 atom stereocenters. The lowest BCUT2D eigenvalue weighted by Crippen LogP contribution is -2.19. The van der Waals surface area contributed by atoms with Crippen molar-refractivity contribution >= 4 is 16.7 Å². The molecule has 160 valence electrons. The van der Waals surface area contributed by atoms with Crippen LogP contribution in [0.3, 0.4) is 0 Å². The molecule has 0 saturated heterocycles. The molecule has 2 aliphatic heterocycles. The van der Waals surface area contributed by atoms with Crippen LogP contribution in [-0.2, 0) is 17.4 Å². The number of hydrogen-bond acceptors (Lipinski definition) is 5. The Morgan fingerprint density at radius 3 is 2.19 bits per heavy atom. The summed E-state index contributed by atoms with van der Waals surface area (Å²) in [6, 6.07) is 9.83. The fourth-order valence-electron chi connectivity index (χ4n) is 4.14. The number of nitrogens with zero attached hydrogens (tertiary/aromatic N) is 1. The number of pyridine rings is 1. The molecule has 0 N–H and O–H groups in total. The van der Waals surface area contributed by atoms with Crippen LogP contribution >= 0.6 is 0 Å². The summed E-state index contributed by atoms with van der Waals surface area (Å²) in [5.41, 5.74) is 4.49. The average molecular weight is 418 g/mol. The molecule has 0 aliphatic carbocycles. The minimum Gasteiger partial charge on any atom is -0.486 e. The number of aromatic nitrogens is 1. The van der Waals surface area contributed by atoms with Crippen molar-refractivity contribution in [3.8, 4) is 17.2 Å². The third kappa shape index (κ3) is 3.23. The Hall–Kier alpha value is -3.08. The minimum atomic E-state index is -0.171. The van der Waals surface area contributed by atoms with Crippen LogP contribution in [0, 0.1) is 0 Å². The van der Waals surface area contributed by atoms with E-state index in [1.54, 1.807) is 0 Å². The number of fused-ring (bicyclic) bond motifs is 4. The van der Waals surface area contributed by atoms with E-state index in [2.05, 4.69) is 47.6 Å². The van der Waals surface area contributed by atoms with Gasteiger partial charge in [-0.25, -0.2) is 4.98 Å². The third-order valence-electron chi connectivity index (χ3n) is 5.99. The quantitative estimate of drug-likeness (QED) is 0.471. The monoisotopic (exact) mass is 417 g/mol. The summed E-state index contributed by atoms with van der Waals surface area (Å²) in [4.78, 5) is 18.6. The molecule has 3 aromatic rings. The molecule has 0 bridgehead atoms. The summed E-state index contributed by atoms with van der Waals surface area (Å²) in [5.74, 6) is 1.97. The summed E-state index contributed by atoms with van der Waals surface area (Å²) in [6.45, 7) is 13.4. The highest BCUT2D eigenvalue weighted by molar-refractivity contribution is 6.13. The molecule has 0 saturated carbocycles. The third-order valence-corrected chi connectivity index (χ3v) is 5.99. The van der Waals surface area contributed by atoms with Gasteiger partial charge in [-0.15, -0.1) is 0 Å². The van der Waals surface area contributed by atoms with Crippen molar-refractivity contribution in [1.29, 1.82) is 0 Å². The van der Waals surface area contributed by atoms with E-state index in [0.717, 1.165) is 22.0 Å². The van der Waals surface area contributed by atoms with Gasteiger partial charge in [0.2, 0.25) is 6.79 Å². The van der Waals surface area contributed by atoms with Crippen molar-refractivity contribution in [2.45, 2.75) is 59.0 Å². The number of rotatable bonds is 0. The van der Waals surface area contributed by atoms with Crippen LogP contribution < -0.4 is 14.2 Å². The Bertz CT molecular complexity index is 1250. The first-order valence-electron chi connectivity index (χ1n) is 10.6. The second-order valence-corrected chi connectivity index (χ2v) is 10.4. The Balaban J connectivity index is 1.73. The summed E-state index contributed by atoms with van der Waals surface area (Å²) in [6.07, 6.45) is 0. The number of carbonyl (C=O) groups is 1. The van der Waals surface area contributed by atoms with Gasteiger partial charge in [0, 0.05) is 22.6 Å². The molecule has 0 unspecified atom stereocenters. The molecule has 5 nitrogen and oxygen atoms in total. The Morgan fingerprint density at radius 2 is 1.52 bits per heavy atom. The van der Waals surface area contributed by atoms with Gasteiger partial charge in [0.15, 0.2) is 17.3 Å². The molecule has 31 heavy (non-hydrogen) atoms. The van der Waals surface area contributed by atoms with E-state index in [1.165, 1.54) is 0 Å². The highest BCUT2D eigenvalue weighted by Gasteiger charge is 2.32. The smallest absolute Gasteiger partial charge is 0.231 e. The van der Waals surface area contributed by atoms with Gasteiger partial charge in [-0.2, -0.15) is 0 Å². The number of ether oxygens (including phenoxy) is 3. The van der Waals surface area contributed by atoms with Crippen LogP contribution in [0.2, 0.25) is 0 Å². The fourth-order valence-corrected chi connectivity index (χ4v) is 4.14. The van der Waals surface area contributed by atoms with Crippen molar-refractivity contribution in [2.75, 3.05) is 6.79 Å². The van der Waals surface area contributed by atoms with Crippen molar-refractivity contribution in [3.63, 3.8) is 0 Å². The first-order chi connectivity index (χ1) is 14.5. The SMILES string of the molecule is CC(C)(C)c1cc2c(c(C(C)(C)C)c1)OCc1nc3cc4c(cc3cc1C2=O)OCO4. The van der Waals surface area contributed by atoms with Gasteiger partial charge in [-0.05, 0) is 34.6 Å². The molecule has 2 aromatic carbocycles. The van der Waals surface area contributed by atoms with E-state index >= 15 is 0 Å². The molecule has 1 aromatic heterocycles. The average Bonchev–Trinajstić information content (AvgIpc) is 3.09. The van der Waals surface area contributed by atoms with E-state index < -0.39 is 0 Å². The first kappa shape index (κ1) is 19.9. The maximum atomic E-state index is 13.8. The molecule has 2 aliphatic rings. The molecule has 5 heteroatoms. The van der Waals surface area contributed by atoms with Gasteiger partial charge in [0.25, 0.3) is 0 Å². The number of carbonyl (C=O) groups excluding carboxylic acids is 1. The maximum absolute atomic E-state index is 13.8. The molecule has 0 spiro atoms. The van der Waals surface area contributed by atoms with Gasteiger partial charge < -0.3 is 14.2 Å². The summed E-state index contributed by atoms with van der Waals surface area (Å²) in [5, 5.41) is 0.850. The van der Waals surface area contributed by atoms with E-state index in [0.29, 0.717) is 34.1 Å². The van der Waals surface area contributed by atoms with Gasteiger partial charge in [-0.1, -0.05) is 47.6 Å². The van der Waals surface area contributed by atoms with Crippen LogP contribution in [0.15, 0.2) is 30.3 Å². The number of ketones is 1. The molecular formula is C26H27NO4. The molecule has 0 amide bonds. The predicted octanol–water partition coefficient (Wildman–Crippen LogP) is 5.68. The van der Waals surface area contributed by atoms with E-state index in [9.17, 15) is 4.79 Å². The zero-order chi connectivity index (χ0) is 22.1. The van der Waals surface area contributed by atoms with Crippen LogP contribution in [-0.4, -0.2) is 17.6 Å². The van der Waals surface area contributed by atoms with Gasteiger partial charge in [-0.3, -0.25) is 4.79 Å². The van der Waals surface area contributed by atoms with Crippen molar-refractivity contribution < 1.29 is 19.0 Å². The van der Waals surface area contributed by atoms with Crippen molar-refractivity contribution in [2.24, 2.45) is 0 Å². The maximum Gasteiger partial charge on any atom is 0.231 e. The van der Waals surface area contributed by atoms with Crippen LogP contribution in [0.5, 0.6) is 17.2 Å². The Labute approximate surface area is 182 Å². The second kappa shape index (κ2) is 6.46. The standard InChI is InChI=1S/C26H27NO4/c1-25(2,3)15-9-17-23(28)16-7-14-8-21-22(31-13-30-21)11-19(14)27-20(16)12-29-24(17)18(10-15)26(4,5)6/h7-11H,12-13H2,1-6H3.